The van der Waals surface area contributed by atoms with Crippen LogP contribution in [0.1, 0.15) is 40.3 Å². The Balaban J connectivity index is 1.60. The molecule has 3 N–H and O–H groups in total. The van der Waals surface area contributed by atoms with E-state index in [0.717, 1.165) is 10.6 Å². The second kappa shape index (κ2) is 11.1. The Morgan fingerprint density at radius 2 is 1.97 bits per heavy atom. The van der Waals surface area contributed by atoms with Crippen LogP contribution in [0, 0.1) is 0 Å². The first-order valence-corrected chi connectivity index (χ1v) is 13.8. The van der Waals surface area contributed by atoms with Crippen molar-refractivity contribution in [1.29, 1.82) is 0 Å². The van der Waals surface area contributed by atoms with E-state index in [1.807, 2.05) is 0 Å². The third-order valence-corrected chi connectivity index (χ3v) is 7.76. The van der Waals surface area contributed by atoms with E-state index in [2.05, 4.69) is 10.1 Å². The molecule has 14 heteroatoms. The van der Waals surface area contributed by atoms with Gasteiger partial charge in [-0.05, 0) is 39.8 Å². The molecule has 0 radical (unpaired) electrons. The van der Waals surface area contributed by atoms with Crippen LogP contribution < -0.4 is 20.9 Å². The van der Waals surface area contributed by atoms with Crippen LogP contribution in [-0.2, 0) is 28.1 Å². The quantitative estimate of drug-likeness (QED) is 0.288. The van der Waals surface area contributed by atoms with Gasteiger partial charge in [-0.25, -0.2) is 9.36 Å². The fraction of sp³-hybridized carbons (Fsp3) is 0.542. The number of esters is 1. The molecule has 1 aromatic heterocycles. The summed E-state index contributed by atoms with van der Waals surface area (Å²) >= 11 is 0. The van der Waals surface area contributed by atoms with Crippen LogP contribution in [0.15, 0.2) is 52.2 Å². The third kappa shape index (κ3) is 6.09. The molecule has 0 aliphatic carbocycles. The number of fused-ring (bicyclic) bond motifs is 2. The van der Waals surface area contributed by atoms with Crippen LogP contribution in [0.4, 0.5) is 0 Å². The monoisotopic (exact) mass is 553 g/mol. The number of nitrogens with zero attached hydrogens (tertiary/aromatic N) is 1. The molecule has 2 fully saturated rings. The van der Waals surface area contributed by atoms with E-state index in [9.17, 15) is 24.1 Å². The average molecular weight is 554 g/mol. The molecule has 13 nitrogen and oxygen atoms in total. The van der Waals surface area contributed by atoms with Gasteiger partial charge in [-0.2, -0.15) is 5.09 Å². The number of carbonyl (C=O) groups is 1. The minimum absolute atomic E-state index is 0.134. The molecule has 4 rings (SSSR count). The second-order valence-corrected chi connectivity index (χ2v) is 11.4. The number of aliphatic hydroxyl groups is 1. The number of aliphatic hydroxyl groups excluding tert-OH is 1. The maximum absolute atomic E-state index is 13.9. The Labute approximate surface area is 218 Å². The molecule has 0 spiro atoms. The number of aromatic nitrogens is 2. The van der Waals surface area contributed by atoms with Gasteiger partial charge >= 0.3 is 19.4 Å². The summed E-state index contributed by atoms with van der Waals surface area (Å²) in [6.07, 6.45) is -2.78. The van der Waals surface area contributed by atoms with Crippen molar-refractivity contribution >= 4 is 13.7 Å². The summed E-state index contributed by atoms with van der Waals surface area (Å²) in [4.78, 5) is 38.5. The smallest absolute Gasteiger partial charge is 0.459 e. The predicted molar refractivity (Wildman–Crippen MR) is 134 cm³/mol. The van der Waals surface area contributed by atoms with Crippen molar-refractivity contribution in [2.24, 2.45) is 0 Å². The van der Waals surface area contributed by atoms with E-state index < -0.39 is 73.9 Å². The van der Waals surface area contributed by atoms with Crippen molar-refractivity contribution in [1.82, 2.24) is 14.6 Å². The van der Waals surface area contributed by atoms with Gasteiger partial charge < -0.3 is 23.8 Å². The summed E-state index contributed by atoms with van der Waals surface area (Å²) in [6, 6.07) is 8.33. The molecule has 2 aliphatic heterocycles. The van der Waals surface area contributed by atoms with E-state index in [-0.39, 0.29) is 12.2 Å². The number of H-pyrrole nitrogens is 1. The van der Waals surface area contributed by atoms with Gasteiger partial charge in [0.2, 0.25) is 0 Å². The molecule has 3 heterocycles. The summed E-state index contributed by atoms with van der Waals surface area (Å²) in [5.74, 6) is -0.442. The lowest BCUT2D eigenvalue weighted by atomic mass is 9.87. The molecule has 38 heavy (non-hydrogen) atoms. The van der Waals surface area contributed by atoms with Crippen molar-refractivity contribution in [2.45, 2.75) is 76.4 Å². The predicted octanol–water partition coefficient (Wildman–Crippen LogP) is 1.48. The van der Waals surface area contributed by atoms with Crippen molar-refractivity contribution in [3.05, 3.63) is 63.4 Å². The molecular formula is C24H32N3O10P. The lowest BCUT2D eigenvalue weighted by molar-refractivity contribution is -0.158. The molecule has 7 atom stereocenters. The summed E-state index contributed by atoms with van der Waals surface area (Å²) in [5, 5.41) is 13.8. The molecule has 2 bridgehead atoms. The lowest BCUT2D eigenvalue weighted by Crippen LogP contribution is -2.54. The minimum atomic E-state index is -4.25. The molecule has 3 unspecified atom stereocenters. The highest BCUT2D eigenvalue weighted by Gasteiger charge is 2.61. The highest BCUT2D eigenvalue weighted by atomic mass is 31.2. The van der Waals surface area contributed by atoms with Gasteiger partial charge in [-0.15, -0.1) is 0 Å². The van der Waals surface area contributed by atoms with Gasteiger partial charge in [0.25, 0.3) is 5.56 Å². The topological polar surface area (TPSA) is 167 Å². The Bertz CT molecular complexity index is 1300. The summed E-state index contributed by atoms with van der Waals surface area (Å²) in [7, 11) is -4.25. The molecule has 2 aliphatic rings. The lowest BCUT2D eigenvalue weighted by Gasteiger charge is -2.39. The average Bonchev–Trinajstić information content (AvgIpc) is 2.99. The molecule has 2 saturated heterocycles. The van der Waals surface area contributed by atoms with Crippen LogP contribution in [0.25, 0.3) is 0 Å². The van der Waals surface area contributed by atoms with E-state index in [1.54, 1.807) is 51.1 Å². The Morgan fingerprint density at radius 1 is 1.26 bits per heavy atom. The molecule has 0 saturated carbocycles. The minimum Gasteiger partial charge on any atom is -0.462 e. The normalized spacial score (nSPS) is 29.0. The number of ether oxygens (including phenoxy) is 3. The SMILES string of the molecule is CC(C)OC(=O)[C@H](C)NP(=O)(OC[C@]12C[C@H](C)OC(C1O)[C@H](n1ccc(=O)[nH]c1=O)O2)Oc1ccccc1. The van der Waals surface area contributed by atoms with Crippen molar-refractivity contribution in [2.75, 3.05) is 6.61 Å². The van der Waals surface area contributed by atoms with Gasteiger partial charge in [0, 0.05) is 18.7 Å². The van der Waals surface area contributed by atoms with Crippen molar-refractivity contribution < 1.29 is 37.7 Å². The summed E-state index contributed by atoms with van der Waals surface area (Å²) < 4.78 is 43.7. The zero-order valence-corrected chi connectivity index (χ0v) is 22.3. The van der Waals surface area contributed by atoms with E-state index in [1.165, 1.54) is 13.1 Å². The summed E-state index contributed by atoms with van der Waals surface area (Å²) in [5.41, 5.74) is -2.77. The van der Waals surface area contributed by atoms with E-state index in [0.29, 0.717) is 0 Å². The first-order chi connectivity index (χ1) is 17.9. The van der Waals surface area contributed by atoms with Gasteiger partial charge in [0.05, 0.1) is 18.8 Å². The van der Waals surface area contributed by atoms with Gasteiger partial charge in [0.15, 0.2) is 6.23 Å². The number of rotatable bonds is 10. The van der Waals surface area contributed by atoms with E-state index >= 15 is 0 Å². The molecule has 208 valence electrons. The van der Waals surface area contributed by atoms with Crippen LogP contribution in [0.5, 0.6) is 5.75 Å². The number of hydrogen-bond donors (Lipinski definition) is 3. The first kappa shape index (κ1) is 28.2. The molecule has 2 aromatic rings. The number of nitrogens with one attached hydrogen (secondary N) is 2. The second-order valence-electron chi connectivity index (χ2n) is 9.66. The number of aromatic amines is 1. The Kier molecular flexibility index (Phi) is 8.26. The highest BCUT2D eigenvalue weighted by Crippen LogP contribution is 2.51. The maximum atomic E-state index is 13.9. The van der Waals surface area contributed by atoms with Gasteiger partial charge in [-0.3, -0.25) is 23.7 Å². The number of carbonyl (C=O) groups excluding carboxylic acids is 1. The van der Waals surface area contributed by atoms with Crippen LogP contribution in [-0.4, -0.2) is 63.3 Å². The fourth-order valence-corrected chi connectivity index (χ4v) is 6.04. The maximum Gasteiger partial charge on any atom is 0.459 e. The molecular weight excluding hydrogens is 521 g/mol. The van der Waals surface area contributed by atoms with Gasteiger partial charge in [0.1, 0.15) is 29.6 Å². The highest BCUT2D eigenvalue weighted by molar-refractivity contribution is 7.52. The number of benzene rings is 1. The van der Waals surface area contributed by atoms with Crippen molar-refractivity contribution in [3.8, 4) is 5.75 Å². The van der Waals surface area contributed by atoms with E-state index in [4.69, 9.17) is 23.3 Å². The summed E-state index contributed by atoms with van der Waals surface area (Å²) in [6.45, 7) is 6.16. The standard InChI is InChI=1S/C24H32N3O10P/c1-14(2)34-22(30)16(4)26-38(32,37-17-8-6-5-7-9-17)33-13-24-12-15(3)35-19(20(24)29)21(36-24)27-11-10-18(28)25-23(27)31/h5-11,14-16,19-21,29H,12-13H2,1-4H3,(H,26,32)(H,25,28,31)/t15-,16-,19?,20?,21+,24+,38?/m0/s1. The number of hydrogen-bond acceptors (Lipinski definition) is 10. The fourth-order valence-electron chi connectivity index (χ4n) is 4.50. The zero-order chi connectivity index (χ0) is 27.7. The Morgan fingerprint density at radius 3 is 2.63 bits per heavy atom. The third-order valence-electron chi connectivity index (χ3n) is 6.14. The van der Waals surface area contributed by atoms with Gasteiger partial charge in [-0.1, -0.05) is 18.2 Å². The molecule has 1 aromatic carbocycles. The number of para-hydroxylation sites is 1. The van der Waals surface area contributed by atoms with Crippen molar-refractivity contribution in [3.63, 3.8) is 0 Å². The molecule has 0 amide bonds. The zero-order valence-electron chi connectivity index (χ0n) is 21.4. The first-order valence-electron chi connectivity index (χ1n) is 12.2. The largest absolute Gasteiger partial charge is 0.462 e. The Hall–Kier alpha value is -2.80. The van der Waals surface area contributed by atoms with Crippen LogP contribution in [0.3, 0.4) is 0 Å². The van der Waals surface area contributed by atoms with Crippen LogP contribution >= 0.6 is 7.75 Å². The van der Waals surface area contributed by atoms with Crippen LogP contribution in [0.2, 0.25) is 0 Å².